The summed E-state index contributed by atoms with van der Waals surface area (Å²) in [6, 6.07) is 21.3. The van der Waals surface area contributed by atoms with E-state index in [9.17, 15) is 4.79 Å². The first-order valence-electron chi connectivity index (χ1n) is 10.8. The normalized spacial score (nSPS) is 10.9. The van der Waals surface area contributed by atoms with Gasteiger partial charge in [-0.3, -0.25) is 4.79 Å². The number of aryl methyl sites for hydroxylation is 1. The summed E-state index contributed by atoms with van der Waals surface area (Å²) in [6.45, 7) is 6.12. The quantitative estimate of drug-likeness (QED) is 0.431. The highest BCUT2D eigenvalue weighted by Gasteiger charge is 2.13. The molecule has 6 heteroatoms. The van der Waals surface area contributed by atoms with E-state index in [0.29, 0.717) is 5.56 Å². The molecule has 1 heterocycles. The molecular formula is C26H28N4O2. The minimum atomic E-state index is -0.137. The van der Waals surface area contributed by atoms with E-state index in [1.807, 2.05) is 73.8 Å². The molecule has 32 heavy (non-hydrogen) atoms. The van der Waals surface area contributed by atoms with E-state index in [1.54, 1.807) is 7.11 Å². The zero-order valence-electron chi connectivity index (χ0n) is 18.9. The smallest absolute Gasteiger partial charge is 0.255 e. The summed E-state index contributed by atoms with van der Waals surface area (Å²) in [5, 5.41) is 2.99. The molecule has 0 atom stereocenters. The van der Waals surface area contributed by atoms with Gasteiger partial charge >= 0.3 is 0 Å². The molecule has 0 aliphatic rings. The third-order valence-electron chi connectivity index (χ3n) is 5.74. The summed E-state index contributed by atoms with van der Waals surface area (Å²) in [6.07, 6.45) is 0. The number of hydrogen-bond donors (Lipinski definition) is 1. The lowest BCUT2D eigenvalue weighted by Crippen LogP contribution is -2.21. The Morgan fingerprint density at radius 1 is 1.00 bits per heavy atom. The summed E-state index contributed by atoms with van der Waals surface area (Å²) in [5.74, 6) is 1.53. The molecule has 0 aliphatic carbocycles. The molecule has 1 amide bonds. The van der Waals surface area contributed by atoms with E-state index in [2.05, 4.69) is 28.6 Å². The van der Waals surface area contributed by atoms with E-state index >= 15 is 0 Å². The van der Waals surface area contributed by atoms with Crippen molar-refractivity contribution in [2.45, 2.75) is 13.8 Å². The number of amides is 1. The predicted octanol–water partition coefficient (Wildman–Crippen LogP) is 5.35. The third-order valence-corrected chi connectivity index (χ3v) is 5.74. The Morgan fingerprint density at radius 2 is 1.69 bits per heavy atom. The first-order chi connectivity index (χ1) is 15.5. The van der Waals surface area contributed by atoms with Gasteiger partial charge in [0.2, 0.25) is 0 Å². The van der Waals surface area contributed by atoms with Gasteiger partial charge in [0.25, 0.3) is 5.91 Å². The van der Waals surface area contributed by atoms with Crippen molar-refractivity contribution in [3.05, 3.63) is 72.3 Å². The van der Waals surface area contributed by atoms with Crippen molar-refractivity contribution in [1.82, 2.24) is 9.55 Å². The first-order valence-corrected chi connectivity index (χ1v) is 10.8. The average Bonchev–Trinajstić information content (AvgIpc) is 3.16. The van der Waals surface area contributed by atoms with E-state index in [0.717, 1.165) is 52.6 Å². The summed E-state index contributed by atoms with van der Waals surface area (Å²) >= 11 is 0. The summed E-state index contributed by atoms with van der Waals surface area (Å²) in [5.41, 5.74) is 5.29. The fraction of sp³-hybridized carbons (Fsp3) is 0.231. The molecule has 1 aromatic heterocycles. The van der Waals surface area contributed by atoms with Crippen LogP contribution in [-0.4, -0.2) is 35.7 Å². The fourth-order valence-corrected chi connectivity index (χ4v) is 3.89. The van der Waals surface area contributed by atoms with Crippen molar-refractivity contribution in [2.75, 3.05) is 30.4 Å². The van der Waals surface area contributed by atoms with Gasteiger partial charge in [-0.1, -0.05) is 0 Å². The molecule has 4 aromatic rings. The second kappa shape index (κ2) is 9.14. The summed E-state index contributed by atoms with van der Waals surface area (Å²) < 4.78 is 7.29. The minimum Gasteiger partial charge on any atom is -0.497 e. The Bertz CT molecular complexity index is 1220. The maximum Gasteiger partial charge on any atom is 0.255 e. The monoisotopic (exact) mass is 428 g/mol. The van der Waals surface area contributed by atoms with Crippen LogP contribution in [0.25, 0.3) is 22.4 Å². The topological polar surface area (TPSA) is 59.4 Å². The maximum absolute atomic E-state index is 12.8. The van der Waals surface area contributed by atoms with Crippen LogP contribution in [0.4, 0.5) is 11.4 Å². The number of nitrogens with zero attached hydrogens (tertiary/aromatic N) is 3. The average molecular weight is 429 g/mol. The molecule has 164 valence electrons. The number of aromatic nitrogens is 2. The highest BCUT2D eigenvalue weighted by molar-refractivity contribution is 6.05. The van der Waals surface area contributed by atoms with Crippen LogP contribution in [0.5, 0.6) is 5.75 Å². The summed E-state index contributed by atoms with van der Waals surface area (Å²) in [4.78, 5) is 19.8. The first kappa shape index (κ1) is 21.4. The standard InChI is InChI=1S/C26H28N4O2/c1-5-30(6-2)21-12-7-19(8-13-21)26(31)27-20-11-16-24-23(17-20)28-25(29(24)3)18-9-14-22(32-4)15-10-18/h7-17H,5-6H2,1-4H3,(H,27,31). The molecule has 0 radical (unpaired) electrons. The fourth-order valence-electron chi connectivity index (χ4n) is 3.89. The third kappa shape index (κ3) is 4.17. The Morgan fingerprint density at radius 3 is 2.31 bits per heavy atom. The van der Waals surface area contributed by atoms with Gasteiger partial charge in [0, 0.05) is 42.6 Å². The van der Waals surface area contributed by atoms with Crippen molar-refractivity contribution in [1.29, 1.82) is 0 Å². The lowest BCUT2D eigenvalue weighted by molar-refractivity contribution is 0.102. The number of carbonyl (C=O) groups is 1. The number of anilines is 2. The minimum absolute atomic E-state index is 0.137. The highest BCUT2D eigenvalue weighted by atomic mass is 16.5. The molecule has 0 unspecified atom stereocenters. The van der Waals surface area contributed by atoms with Crippen LogP contribution >= 0.6 is 0 Å². The number of rotatable bonds is 7. The van der Waals surface area contributed by atoms with Gasteiger partial charge in [-0.05, 0) is 80.6 Å². The lowest BCUT2D eigenvalue weighted by atomic mass is 10.1. The number of imidazole rings is 1. The lowest BCUT2D eigenvalue weighted by Gasteiger charge is -2.21. The SMILES string of the molecule is CCN(CC)c1ccc(C(=O)Nc2ccc3c(c2)nc(-c2ccc(OC)cc2)n3C)cc1. The Hall–Kier alpha value is -3.80. The number of ether oxygens (including phenoxy) is 1. The predicted molar refractivity (Wildman–Crippen MR) is 131 cm³/mol. The highest BCUT2D eigenvalue weighted by Crippen LogP contribution is 2.27. The molecule has 3 aromatic carbocycles. The molecule has 6 nitrogen and oxygen atoms in total. The maximum atomic E-state index is 12.8. The molecule has 1 N–H and O–H groups in total. The van der Waals surface area contributed by atoms with Crippen LogP contribution in [0.15, 0.2) is 66.7 Å². The second-order valence-corrected chi connectivity index (χ2v) is 7.60. The number of benzene rings is 3. The number of fused-ring (bicyclic) bond motifs is 1. The molecule has 0 aliphatic heterocycles. The van der Waals surface area contributed by atoms with Crippen molar-refractivity contribution in [3.63, 3.8) is 0 Å². The van der Waals surface area contributed by atoms with Gasteiger partial charge in [0.15, 0.2) is 0 Å². The molecule has 0 bridgehead atoms. The van der Waals surface area contributed by atoms with Gasteiger partial charge in [-0.15, -0.1) is 0 Å². The zero-order valence-corrected chi connectivity index (χ0v) is 18.9. The number of carbonyl (C=O) groups excluding carboxylic acids is 1. The van der Waals surface area contributed by atoms with Crippen LogP contribution in [0.1, 0.15) is 24.2 Å². The van der Waals surface area contributed by atoms with Crippen LogP contribution in [0.2, 0.25) is 0 Å². The van der Waals surface area contributed by atoms with Crippen molar-refractivity contribution in [2.24, 2.45) is 7.05 Å². The van der Waals surface area contributed by atoms with E-state index in [-0.39, 0.29) is 5.91 Å². The van der Waals surface area contributed by atoms with Gasteiger partial charge in [0.1, 0.15) is 11.6 Å². The van der Waals surface area contributed by atoms with E-state index in [1.165, 1.54) is 0 Å². The number of nitrogens with one attached hydrogen (secondary N) is 1. The van der Waals surface area contributed by atoms with E-state index < -0.39 is 0 Å². The zero-order chi connectivity index (χ0) is 22.7. The Balaban J connectivity index is 1.55. The van der Waals surface area contributed by atoms with Crippen LogP contribution < -0.4 is 15.0 Å². The Labute approximate surface area is 188 Å². The van der Waals surface area contributed by atoms with Gasteiger partial charge in [0.05, 0.1) is 18.1 Å². The molecule has 4 rings (SSSR count). The summed E-state index contributed by atoms with van der Waals surface area (Å²) in [7, 11) is 3.64. The van der Waals surface area contributed by atoms with Crippen LogP contribution in [0, 0.1) is 0 Å². The van der Waals surface area contributed by atoms with Gasteiger partial charge in [-0.2, -0.15) is 0 Å². The van der Waals surface area contributed by atoms with Crippen molar-refractivity contribution >= 4 is 28.3 Å². The number of hydrogen-bond acceptors (Lipinski definition) is 4. The molecular weight excluding hydrogens is 400 g/mol. The number of methoxy groups -OCH3 is 1. The molecule has 0 fully saturated rings. The van der Waals surface area contributed by atoms with Crippen LogP contribution in [0.3, 0.4) is 0 Å². The molecule has 0 saturated carbocycles. The van der Waals surface area contributed by atoms with Crippen molar-refractivity contribution in [3.8, 4) is 17.1 Å². The second-order valence-electron chi connectivity index (χ2n) is 7.60. The van der Waals surface area contributed by atoms with E-state index in [4.69, 9.17) is 9.72 Å². The largest absolute Gasteiger partial charge is 0.497 e. The molecule has 0 spiro atoms. The van der Waals surface area contributed by atoms with Gasteiger partial charge in [-0.25, -0.2) is 4.98 Å². The van der Waals surface area contributed by atoms with Crippen LogP contribution in [-0.2, 0) is 7.05 Å². The Kier molecular flexibility index (Phi) is 6.12. The van der Waals surface area contributed by atoms with Gasteiger partial charge < -0.3 is 19.5 Å². The molecule has 0 saturated heterocycles. The van der Waals surface area contributed by atoms with Crippen molar-refractivity contribution < 1.29 is 9.53 Å².